The van der Waals surface area contributed by atoms with Gasteiger partial charge in [0.25, 0.3) is 5.91 Å². The lowest BCUT2D eigenvalue weighted by Gasteiger charge is -2.32. The van der Waals surface area contributed by atoms with Crippen molar-refractivity contribution < 1.29 is 17.9 Å². The molecule has 160 valence electrons. The number of hydrogen-bond acceptors (Lipinski definition) is 4. The van der Waals surface area contributed by atoms with Crippen LogP contribution in [-0.2, 0) is 16.4 Å². The molecule has 2 aliphatic rings. The van der Waals surface area contributed by atoms with Gasteiger partial charge in [0.1, 0.15) is 5.75 Å². The number of piperidine rings is 1. The van der Waals surface area contributed by atoms with E-state index in [2.05, 4.69) is 0 Å². The lowest BCUT2D eigenvalue weighted by atomic mass is 9.95. The highest BCUT2D eigenvalue weighted by Crippen LogP contribution is 2.39. The number of fused-ring (bicyclic) bond motifs is 1. The average molecular weight is 429 g/mol. The number of sulfonamides is 1. The van der Waals surface area contributed by atoms with Gasteiger partial charge >= 0.3 is 0 Å². The molecule has 0 unspecified atom stereocenters. The first kappa shape index (κ1) is 20.9. The van der Waals surface area contributed by atoms with Crippen molar-refractivity contribution in [3.63, 3.8) is 0 Å². The smallest absolute Gasteiger partial charge is 0.258 e. The van der Waals surface area contributed by atoms with Crippen molar-refractivity contribution in [1.29, 1.82) is 0 Å². The van der Waals surface area contributed by atoms with Crippen LogP contribution in [0.4, 0.5) is 5.69 Å². The second-order valence-electron chi connectivity index (χ2n) is 7.96. The summed E-state index contributed by atoms with van der Waals surface area (Å²) in [4.78, 5) is 15.4. The fourth-order valence-corrected chi connectivity index (χ4v) is 5.98. The largest absolute Gasteiger partial charge is 0.495 e. The van der Waals surface area contributed by atoms with E-state index in [4.69, 9.17) is 4.74 Å². The molecule has 1 amide bonds. The minimum absolute atomic E-state index is 0.184. The minimum Gasteiger partial charge on any atom is -0.495 e. The molecule has 2 aromatic rings. The van der Waals surface area contributed by atoms with Crippen LogP contribution >= 0.6 is 0 Å². The van der Waals surface area contributed by atoms with E-state index >= 15 is 0 Å². The number of methoxy groups -OCH3 is 1. The third-order valence-electron chi connectivity index (χ3n) is 6.06. The summed E-state index contributed by atoms with van der Waals surface area (Å²) in [5.41, 5.74) is 3.43. The first-order chi connectivity index (χ1) is 14.4. The van der Waals surface area contributed by atoms with E-state index in [1.807, 2.05) is 19.1 Å². The molecule has 0 radical (unpaired) electrons. The SMILES string of the molecule is COc1ccc(C)c2c1N(C(=O)c1cccc(S(=O)(=O)N3CCCCC3)c1)CCC2. The molecular weight excluding hydrogens is 400 g/mol. The molecule has 0 atom stereocenters. The number of rotatable bonds is 4. The number of hydrogen-bond donors (Lipinski definition) is 0. The molecule has 1 saturated heterocycles. The van der Waals surface area contributed by atoms with Crippen LogP contribution < -0.4 is 9.64 Å². The predicted molar refractivity (Wildman–Crippen MR) is 117 cm³/mol. The standard InChI is InChI=1S/C23H28N2O4S/c1-17-11-12-21(29-2)22-20(17)10-7-15-25(22)23(26)18-8-6-9-19(16-18)30(27,28)24-13-4-3-5-14-24/h6,8-9,11-12,16H,3-5,7,10,13-15H2,1-2H3. The van der Waals surface area contributed by atoms with E-state index in [1.54, 1.807) is 30.2 Å². The first-order valence-electron chi connectivity index (χ1n) is 10.5. The summed E-state index contributed by atoms with van der Waals surface area (Å²) in [6.07, 6.45) is 4.56. The van der Waals surface area contributed by atoms with Crippen molar-refractivity contribution >= 4 is 21.6 Å². The van der Waals surface area contributed by atoms with Gasteiger partial charge in [0, 0.05) is 25.2 Å². The van der Waals surface area contributed by atoms with Gasteiger partial charge in [-0.25, -0.2) is 8.42 Å². The summed E-state index contributed by atoms with van der Waals surface area (Å²) in [7, 11) is -1.99. The molecule has 30 heavy (non-hydrogen) atoms. The number of ether oxygens (including phenoxy) is 1. The summed E-state index contributed by atoms with van der Waals surface area (Å²) >= 11 is 0. The quantitative estimate of drug-likeness (QED) is 0.744. The molecule has 2 aliphatic heterocycles. The summed E-state index contributed by atoms with van der Waals surface area (Å²) in [5.74, 6) is 0.469. The second kappa shape index (κ2) is 8.40. The van der Waals surface area contributed by atoms with Gasteiger partial charge in [-0.3, -0.25) is 4.79 Å². The zero-order valence-corrected chi connectivity index (χ0v) is 18.4. The highest BCUT2D eigenvalue weighted by atomic mass is 32.2. The molecule has 6 nitrogen and oxygen atoms in total. The van der Waals surface area contributed by atoms with Crippen molar-refractivity contribution in [2.24, 2.45) is 0 Å². The number of amides is 1. The highest BCUT2D eigenvalue weighted by Gasteiger charge is 2.30. The van der Waals surface area contributed by atoms with Gasteiger partial charge in [0.05, 0.1) is 17.7 Å². The van der Waals surface area contributed by atoms with Gasteiger partial charge in [0.2, 0.25) is 10.0 Å². The minimum atomic E-state index is -3.59. The average Bonchev–Trinajstić information content (AvgIpc) is 2.79. The maximum Gasteiger partial charge on any atom is 0.258 e. The normalized spacial score (nSPS) is 17.5. The van der Waals surface area contributed by atoms with Gasteiger partial charge < -0.3 is 9.64 Å². The Labute approximate surface area is 178 Å². The molecule has 2 aromatic carbocycles. The van der Waals surface area contributed by atoms with E-state index < -0.39 is 10.0 Å². The van der Waals surface area contributed by atoms with Crippen LogP contribution in [0.5, 0.6) is 5.75 Å². The highest BCUT2D eigenvalue weighted by molar-refractivity contribution is 7.89. The summed E-state index contributed by atoms with van der Waals surface area (Å²) in [6, 6.07) is 10.3. The van der Waals surface area contributed by atoms with Crippen molar-refractivity contribution in [3.8, 4) is 5.75 Å². The summed E-state index contributed by atoms with van der Waals surface area (Å²) in [6.45, 7) is 3.69. The van der Waals surface area contributed by atoms with Gasteiger partial charge in [-0.15, -0.1) is 0 Å². The Morgan fingerprint density at radius 1 is 1.00 bits per heavy atom. The van der Waals surface area contributed by atoms with E-state index in [9.17, 15) is 13.2 Å². The summed E-state index contributed by atoms with van der Waals surface area (Å²) < 4.78 is 33.2. The Kier molecular flexibility index (Phi) is 5.84. The Hall–Kier alpha value is -2.38. The first-order valence-corrected chi connectivity index (χ1v) is 12.0. The number of carbonyl (C=O) groups is 1. The number of nitrogens with zero attached hydrogens (tertiary/aromatic N) is 2. The summed E-state index contributed by atoms with van der Waals surface area (Å²) in [5, 5.41) is 0. The predicted octanol–water partition coefficient (Wildman–Crippen LogP) is 3.77. The van der Waals surface area contributed by atoms with E-state index in [1.165, 1.54) is 10.4 Å². The van der Waals surface area contributed by atoms with Gasteiger partial charge in [0.15, 0.2) is 0 Å². The second-order valence-corrected chi connectivity index (χ2v) is 9.90. The van der Waals surface area contributed by atoms with Crippen molar-refractivity contribution in [2.45, 2.75) is 43.9 Å². The van der Waals surface area contributed by atoms with Crippen LogP contribution in [0.3, 0.4) is 0 Å². The zero-order chi connectivity index (χ0) is 21.3. The van der Waals surface area contributed by atoms with Gasteiger partial charge in [-0.05, 0) is 68.0 Å². The molecule has 0 N–H and O–H groups in total. The van der Waals surface area contributed by atoms with Crippen LogP contribution in [0.15, 0.2) is 41.3 Å². The maximum atomic E-state index is 13.5. The Morgan fingerprint density at radius 3 is 2.50 bits per heavy atom. The molecule has 0 aliphatic carbocycles. The van der Waals surface area contributed by atoms with Crippen molar-refractivity contribution in [2.75, 3.05) is 31.6 Å². The Bertz CT molecular complexity index is 1060. The Balaban J connectivity index is 1.70. The van der Waals surface area contributed by atoms with Crippen LogP contribution in [0.1, 0.15) is 47.2 Å². The lowest BCUT2D eigenvalue weighted by molar-refractivity contribution is 0.0984. The van der Waals surface area contributed by atoms with E-state index in [0.29, 0.717) is 30.9 Å². The number of anilines is 1. The molecule has 0 aromatic heterocycles. The fourth-order valence-electron chi connectivity index (χ4n) is 4.42. The number of carbonyl (C=O) groups excluding carboxylic acids is 1. The van der Waals surface area contributed by atoms with Crippen molar-refractivity contribution in [3.05, 3.63) is 53.1 Å². The molecule has 4 rings (SSSR count). The monoisotopic (exact) mass is 428 g/mol. The molecule has 0 bridgehead atoms. The van der Waals surface area contributed by atoms with Gasteiger partial charge in [-0.1, -0.05) is 18.6 Å². The fraction of sp³-hybridized carbons (Fsp3) is 0.435. The third kappa shape index (κ3) is 3.72. The molecule has 2 heterocycles. The van der Waals surface area contributed by atoms with Crippen LogP contribution in [0.25, 0.3) is 0 Å². The van der Waals surface area contributed by atoms with E-state index in [0.717, 1.165) is 48.9 Å². The topological polar surface area (TPSA) is 66.9 Å². The maximum absolute atomic E-state index is 13.5. The van der Waals surface area contributed by atoms with Crippen LogP contribution in [0, 0.1) is 6.92 Å². The molecule has 0 saturated carbocycles. The van der Waals surface area contributed by atoms with E-state index in [-0.39, 0.29) is 10.8 Å². The zero-order valence-electron chi connectivity index (χ0n) is 17.6. The Morgan fingerprint density at radius 2 is 1.77 bits per heavy atom. The van der Waals surface area contributed by atoms with Crippen LogP contribution in [0.2, 0.25) is 0 Å². The molecule has 1 fully saturated rings. The lowest BCUT2D eigenvalue weighted by Crippen LogP contribution is -2.37. The molecular formula is C23H28N2O4S. The third-order valence-corrected chi connectivity index (χ3v) is 7.95. The van der Waals surface area contributed by atoms with Crippen LogP contribution in [-0.4, -0.2) is 45.4 Å². The molecule has 0 spiro atoms. The number of aryl methyl sites for hydroxylation is 1. The molecule has 7 heteroatoms. The van der Waals surface area contributed by atoms with Gasteiger partial charge in [-0.2, -0.15) is 4.31 Å². The number of benzene rings is 2. The van der Waals surface area contributed by atoms with Crippen molar-refractivity contribution in [1.82, 2.24) is 4.31 Å².